The number of carbonyl (C=O) groups is 1. The van der Waals surface area contributed by atoms with Crippen LogP contribution in [0.2, 0.25) is 5.02 Å². The molecule has 0 radical (unpaired) electrons. The Hall–Kier alpha value is -2.47. The van der Waals surface area contributed by atoms with Crippen LogP contribution in [-0.2, 0) is 21.4 Å². The number of rotatable bonds is 5. The molecule has 38 heavy (non-hydrogen) atoms. The molecule has 0 N–H and O–H groups in total. The Morgan fingerprint density at radius 2 is 1.82 bits per heavy atom. The number of carbonyl (C=O) groups excluding carboxylic acids is 1. The molecule has 0 bridgehead atoms. The summed E-state index contributed by atoms with van der Waals surface area (Å²) >= 11 is 7.32. The van der Waals surface area contributed by atoms with Crippen molar-refractivity contribution in [3.8, 4) is 0 Å². The second-order valence-corrected chi connectivity index (χ2v) is 14.0. The molecule has 1 amide bonds. The Morgan fingerprint density at radius 3 is 2.47 bits per heavy atom. The van der Waals surface area contributed by atoms with Crippen LogP contribution in [0.3, 0.4) is 0 Å². The van der Waals surface area contributed by atoms with Gasteiger partial charge in [-0.1, -0.05) is 31.5 Å². The summed E-state index contributed by atoms with van der Waals surface area (Å²) in [5, 5.41) is 0.747. The maximum Gasteiger partial charge on any atom is 0.263 e. The van der Waals surface area contributed by atoms with E-state index in [0.717, 1.165) is 12.1 Å². The Kier molecular flexibility index (Phi) is 7.56. The number of halogens is 1. The fraction of sp³-hybridized carbons (Fsp3) is 0.500. The summed E-state index contributed by atoms with van der Waals surface area (Å²) in [5.41, 5.74) is 0.511. The fourth-order valence-corrected chi connectivity index (χ4v) is 9.13. The molecule has 2 aromatic heterocycles. The van der Waals surface area contributed by atoms with E-state index in [9.17, 15) is 18.0 Å². The van der Waals surface area contributed by atoms with Crippen LogP contribution in [0.4, 0.5) is 5.69 Å². The van der Waals surface area contributed by atoms with Crippen molar-refractivity contribution in [3.05, 3.63) is 50.8 Å². The van der Waals surface area contributed by atoms with Crippen LogP contribution in [0.5, 0.6) is 0 Å². The molecule has 12 heteroatoms. The summed E-state index contributed by atoms with van der Waals surface area (Å²) in [5.74, 6) is 0.282. The summed E-state index contributed by atoms with van der Waals surface area (Å²) in [6.45, 7) is 8.80. The quantitative estimate of drug-likeness (QED) is 0.461. The first-order valence-electron chi connectivity index (χ1n) is 12.8. The first-order valence-corrected chi connectivity index (χ1v) is 15.4. The number of aryl methyl sites for hydroxylation is 1. The molecule has 9 nitrogen and oxygen atoms in total. The van der Waals surface area contributed by atoms with Gasteiger partial charge in [0.2, 0.25) is 15.9 Å². The Bertz CT molecular complexity index is 1520. The average molecular weight is 578 g/mol. The second-order valence-electron chi connectivity index (χ2n) is 10.5. The highest BCUT2D eigenvalue weighted by molar-refractivity contribution is 7.89. The number of anilines is 1. The summed E-state index contributed by atoms with van der Waals surface area (Å²) in [7, 11) is -3.89. The van der Waals surface area contributed by atoms with E-state index in [1.807, 2.05) is 38.1 Å². The predicted octanol–water partition coefficient (Wildman–Crippen LogP) is 3.44. The molecule has 2 aliphatic heterocycles. The van der Waals surface area contributed by atoms with Crippen molar-refractivity contribution >= 4 is 54.8 Å². The van der Waals surface area contributed by atoms with Gasteiger partial charge < -0.3 is 9.80 Å². The zero-order chi connectivity index (χ0) is 27.2. The van der Waals surface area contributed by atoms with Gasteiger partial charge in [-0.2, -0.15) is 4.31 Å². The third kappa shape index (κ3) is 5.21. The van der Waals surface area contributed by atoms with E-state index < -0.39 is 15.6 Å². The molecule has 4 heterocycles. The first-order chi connectivity index (χ1) is 18.0. The monoisotopic (exact) mass is 577 g/mol. The lowest BCUT2D eigenvalue weighted by molar-refractivity contribution is -0.132. The standard InChI is InChI=1S/C26H32ClN5O4S2/c1-17-11-18(2)14-32(13-17)38(35,36)24-19(3)37-25-23(24)26(34)31(16-28-25)15-22(33)30-9-7-29(8-10-30)21-6-4-5-20(27)12-21/h4-6,12,16-18H,7-11,13-15H2,1-3H3/t17-,18+. The SMILES string of the molecule is Cc1sc2ncn(CC(=O)N3CCN(c4cccc(Cl)c4)CC3)c(=O)c2c1S(=O)(=O)N1C[C@H](C)C[C@H](C)C1. The Balaban J connectivity index is 1.37. The molecule has 2 saturated heterocycles. The van der Waals surface area contributed by atoms with Crippen molar-refractivity contribution in [1.82, 2.24) is 18.8 Å². The third-order valence-electron chi connectivity index (χ3n) is 7.34. The van der Waals surface area contributed by atoms with Gasteiger partial charge in [0, 0.05) is 54.9 Å². The van der Waals surface area contributed by atoms with Crippen LogP contribution < -0.4 is 10.5 Å². The third-order valence-corrected chi connectivity index (χ3v) is 10.7. The molecule has 1 aromatic carbocycles. The summed E-state index contributed by atoms with van der Waals surface area (Å²) < 4.78 is 30.2. The topological polar surface area (TPSA) is 95.8 Å². The molecular formula is C26H32ClN5O4S2. The number of piperidine rings is 1. The predicted molar refractivity (Wildman–Crippen MR) is 151 cm³/mol. The number of piperazine rings is 1. The number of thiophene rings is 1. The van der Waals surface area contributed by atoms with Crippen molar-refractivity contribution in [2.24, 2.45) is 11.8 Å². The number of hydrogen-bond donors (Lipinski definition) is 0. The maximum absolute atomic E-state index is 13.7. The van der Waals surface area contributed by atoms with Crippen LogP contribution in [0.25, 0.3) is 10.2 Å². The minimum atomic E-state index is -3.89. The summed E-state index contributed by atoms with van der Waals surface area (Å²) in [4.78, 5) is 35.9. The van der Waals surface area contributed by atoms with Gasteiger partial charge in [-0.15, -0.1) is 11.3 Å². The molecule has 0 unspecified atom stereocenters. The number of amides is 1. The minimum absolute atomic E-state index is 0.0354. The molecule has 0 aliphatic carbocycles. The number of sulfonamides is 1. The maximum atomic E-state index is 13.7. The van der Waals surface area contributed by atoms with Gasteiger partial charge in [-0.25, -0.2) is 13.4 Å². The number of fused-ring (bicyclic) bond motifs is 1. The highest BCUT2D eigenvalue weighted by Gasteiger charge is 2.36. The van der Waals surface area contributed by atoms with E-state index >= 15 is 0 Å². The molecule has 2 atom stereocenters. The van der Waals surface area contributed by atoms with E-state index in [-0.39, 0.29) is 34.6 Å². The highest BCUT2D eigenvalue weighted by atomic mass is 35.5. The molecule has 0 saturated carbocycles. The lowest BCUT2D eigenvalue weighted by Gasteiger charge is -2.36. The van der Waals surface area contributed by atoms with Gasteiger partial charge in [0.05, 0.1) is 11.7 Å². The lowest BCUT2D eigenvalue weighted by atomic mass is 9.94. The van der Waals surface area contributed by atoms with Gasteiger partial charge in [0.1, 0.15) is 16.3 Å². The van der Waals surface area contributed by atoms with E-state index in [1.54, 1.807) is 11.8 Å². The van der Waals surface area contributed by atoms with Crippen LogP contribution >= 0.6 is 22.9 Å². The second kappa shape index (κ2) is 10.6. The zero-order valence-corrected chi connectivity index (χ0v) is 24.2. The van der Waals surface area contributed by atoms with Crippen molar-refractivity contribution in [2.75, 3.05) is 44.2 Å². The molecular weight excluding hydrogens is 546 g/mol. The van der Waals surface area contributed by atoms with Crippen molar-refractivity contribution in [2.45, 2.75) is 38.6 Å². The van der Waals surface area contributed by atoms with Crippen molar-refractivity contribution < 1.29 is 13.2 Å². The number of nitrogens with zero attached hydrogens (tertiary/aromatic N) is 5. The molecule has 2 fully saturated rings. The molecule has 5 rings (SSSR count). The van der Waals surface area contributed by atoms with E-state index in [0.29, 0.717) is 54.0 Å². The van der Waals surface area contributed by atoms with Gasteiger partial charge in [0.15, 0.2) is 0 Å². The average Bonchev–Trinajstić information content (AvgIpc) is 3.22. The smallest absolute Gasteiger partial charge is 0.263 e. The van der Waals surface area contributed by atoms with Gasteiger partial charge >= 0.3 is 0 Å². The van der Waals surface area contributed by atoms with Crippen LogP contribution in [-0.4, -0.2) is 72.3 Å². The zero-order valence-electron chi connectivity index (χ0n) is 21.8. The highest BCUT2D eigenvalue weighted by Crippen LogP contribution is 2.35. The number of aromatic nitrogens is 2. The molecule has 3 aromatic rings. The summed E-state index contributed by atoms with van der Waals surface area (Å²) in [6, 6.07) is 7.62. The summed E-state index contributed by atoms with van der Waals surface area (Å²) in [6.07, 6.45) is 2.32. The van der Waals surface area contributed by atoms with E-state index in [2.05, 4.69) is 9.88 Å². The van der Waals surface area contributed by atoms with Crippen LogP contribution in [0, 0.1) is 18.8 Å². The van der Waals surface area contributed by atoms with Crippen LogP contribution in [0.15, 0.2) is 40.3 Å². The van der Waals surface area contributed by atoms with Crippen molar-refractivity contribution in [3.63, 3.8) is 0 Å². The molecule has 204 valence electrons. The Labute approximate surface area is 231 Å². The van der Waals surface area contributed by atoms with Gasteiger partial charge in [0.25, 0.3) is 5.56 Å². The number of hydrogen-bond acceptors (Lipinski definition) is 7. The largest absolute Gasteiger partial charge is 0.368 e. The van der Waals surface area contributed by atoms with Crippen molar-refractivity contribution in [1.29, 1.82) is 0 Å². The Morgan fingerprint density at radius 1 is 1.13 bits per heavy atom. The fourth-order valence-electron chi connectivity index (χ4n) is 5.60. The minimum Gasteiger partial charge on any atom is -0.368 e. The molecule has 2 aliphatic rings. The van der Waals surface area contributed by atoms with E-state index in [4.69, 9.17) is 11.6 Å². The lowest BCUT2D eigenvalue weighted by Crippen LogP contribution is -2.50. The van der Waals surface area contributed by atoms with Gasteiger partial charge in [-0.05, 0) is 43.4 Å². The first kappa shape index (κ1) is 27.1. The van der Waals surface area contributed by atoms with E-state index in [1.165, 1.54) is 26.5 Å². The van der Waals surface area contributed by atoms with Crippen LogP contribution in [0.1, 0.15) is 25.1 Å². The number of benzene rings is 1. The van der Waals surface area contributed by atoms with Gasteiger partial charge in [-0.3, -0.25) is 14.2 Å². The normalized spacial score (nSPS) is 21.3. The molecule has 0 spiro atoms.